The van der Waals surface area contributed by atoms with Crippen molar-refractivity contribution < 1.29 is 14.0 Å². The van der Waals surface area contributed by atoms with Crippen molar-refractivity contribution in [2.45, 2.75) is 0 Å². The van der Waals surface area contributed by atoms with Gasteiger partial charge in [-0.25, -0.2) is 4.39 Å². The number of nitrogens with zero attached hydrogens (tertiary/aromatic N) is 1. The van der Waals surface area contributed by atoms with E-state index in [1.54, 1.807) is 0 Å². The van der Waals surface area contributed by atoms with Crippen molar-refractivity contribution in [3.63, 3.8) is 0 Å². The standard InChI is InChI=1S/C10H11FN2O2/c1-13(2)10(15)7-4-3-6(11)5-8(7)9(12)14/h3-5H,1-2H3,(H2,12,14). The molecule has 15 heavy (non-hydrogen) atoms. The van der Waals surface area contributed by atoms with Crippen LogP contribution in [0, 0.1) is 5.82 Å². The van der Waals surface area contributed by atoms with E-state index >= 15 is 0 Å². The summed E-state index contributed by atoms with van der Waals surface area (Å²) in [5.41, 5.74) is 5.05. The maximum atomic E-state index is 12.8. The maximum absolute atomic E-state index is 12.8. The Bertz CT molecular complexity index is 416. The molecule has 1 rings (SSSR count). The molecule has 0 aliphatic carbocycles. The maximum Gasteiger partial charge on any atom is 0.254 e. The van der Waals surface area contributed by atoms with Gasteiger partial charge in [0.25, 0.3) is 5.91 Å². The number of hydrogen-bond acceptors (Lipinski definition) is 2. The number of halogens is 1. The molecule has 0 unspecified atom stereocenters. The van der Waals surface area contributed by atoms with Gasteiger partial charge in [-0.2, -0.15) is 0 Å². The summed E-state index contributed by atoms with van der Waals surface area (Å²) in [5.74, 6) is -1.80. The number of hydrogen-bond donors (Lipinski definition) is 1. The highest BCUT2D eigenvalue weighted by atomic mass is 19.1. The highest BCUT2D eigenvalue weighted by Crippen LogP contribution is 2.12. The topological polar surface area (TPSA) is 63.4 Å². The van der Waals surface area contributed by atoms with Crippen molar-refractivity contribution in [3.05, 3.63) is 35.1 Å². The van der Waals surface area contributed by atoms with Gasteiger partial charge in [-0.1, -0.05) is 0 Å². The Hall–Kier alpha value is -1.91. The highest BCUT2D eigenvalue weighted by Gasteiger charge is 2.17. The number of primary amides is 1. The molecule has 0 fully saturated rings. The molecule has 0 aliphatic heterocycles. The quantitative estimate of drug-likeness (QED) is 0.778. The lowest BCUT2D eigenvalue weighted by molar-refractivity contribution is 0.0820. The first kappa shape index (κ1) is 11.2. The Kier molecular flexibility index (Phi) is 3.04. The molecule has 0 heterocycles. The van der Waals surface area contributed by atoms with Crippen LogP contribution in [0.2, 0.25) is 0 Å². The summed E-state index contributed by atoms with van der Waals surface area (Å²) < 4.78 is 12.8. The fourth-order valence-electron chi connectivity index (χ4n) is 1.15. The monoisotopic (exact) mass is 210 g/mol. The zero-order valence-electron chi connectivity index (χ0n) is 8.45. The Morgan fingerprint density at radius 3 is 2.33 bits per heavy atom. The van der Waals surface area contributed by atoms with Gasteiger partial charge in [-0.15, -0.1) is 0 Å². The van der Waals surface area contributed by atoms with Crippen LogP contribution in [0.25, 0.3) is 0 Å². The minimum absolute atomic E-state index is 0.103. The van der Waals surface area contributed by atoms with Crippen molar-refractivity contribution in [2.75, 3.05) is 14.1 Å². The average Bonchev–Trinajstić information content (AvgIpc) is 2.16. The average molecular weight is 210 g/mol. The smallest absolute Gasteiger partial charge is 0.254 e. The van der Waals surface area contributed by atoms with Crippen LogP contribution < -0.4 is 5.73 Å². The van der Waals surface area contributed by atoms with Crippen LogP contribution in [-0.2, 0) is 0 Å². The molecule has 1 aromatic rings. The summed E-state index contributed by atoms with van der Waals surface area (Å²) in [7, 11) is 3.08. The molecule has 0 spiro atoms. The molecule has 5 heteroatoms. The summed E-state index contributed by atoms with van der Waals surface area (Å²) in [6, 6.07) is 3.32. The fraction of sp³-hybridized carbons (Fsp3) is 0.200. The molecule has 0 saturated carbocycles. The van der Waals surface area contributed by atoms with Crippen molar-refractivity contribution in [3.8, 4) is 0 Å². The summed E-state index contributed by atoms with van der Waals surface area (Å²) in [5, 5.41) is 0. The van der Waals surface area contributed by atoms with Crippen molar-refractivity contribution >= 4 is 11.8 Å². The van der Waals surface area contributed by atoms with E-state index in [4.69, 9.17) is 5.73 Å². The van der Waals surface area contributed by atoms with Gasteiger partial charge in [0.15, 0.2) is 0 Å². The molecular formula is C10H11FN2O2. The Morgan fingerprint density at radius 1 is 1.27 bits per heavy atom. The van der Waals surface area contributed by atoms with Crippen LogP contribution in [-0.4, -0.2) is 30.8 Å². The van der Waals surface area contributed by atoms with Gasteiger partial charge < -0.3 is 10.6 Å². The Balaban J connectivity index is 3.29. The molecule has 0 radical (unpaired) electrons. The van der Waals surface area contributed by atoms with Crippen LogP contribution in [0.15, 0.2) is 18.2 Å². The number of amides is 2. The Morgan fingerprint density at radius 2 is 1.87 bits per heavy atom. The number of nitrogens with two attached hydrogens (primary N) is 1. The molecule has 0 saturated heterocycles. The molecule has 2 N–H and O–H groups in total. The van der Waals surface area contributed by atoms with Gasteiger partial charge in [0.05, 0.1) is 11.1 Å². The highest BCUT2D eigenvalue weighted by molar-refractivity contribution is 6.06. The van der Waals surface area contributed by atoms with E-state index in [0.29, 0.717) is 0 Å². The van der Waals surface area contributed by atoms with Crippen molar-refractivity contribution in [1.82, 2.24) is 4.90 Å². The van der Waals surface area contributed by atoms with E-state index in [1.807, 2.05) is 0 Å². The SMILES string of the molecule is CN(C)C(=O)c1ccc(F)cc1C(N)=O. The van der Waals surface area contributed by atoms with Crippen molar-refractivity contribution in [1.29, 1.82) is 0 Å². The van der Waals surface area contributed by atoms with Gasteiger partial charge in [0.2, 0.25) is 5.91 Å². The van der Waals surface area contributed by atoms with E-state index in [2.05, 4.69) is 0 Å². The summed E-state index contributed by atoms with van der Waals surface area (Å²) in [4.78, 5) is 23.9. The second kappa shape index (κ2) is 4.08. The normalized spacial score (nSPS) is 9.80. The van der Waals surface area contributed by atoms with Crippen LogP contribution in [0.1, 0.15) is 20.7 Å². The van der Waals surface area contributed by atoms with E-state index in [0.717, 1.165) is 12.1 Å². The molecule has 0 bridgehead atoms. The second-order valence-electron chi connectivity index (χ2n) is 3.25. The molecule has 80 valence electrons. The van der Waals surface area contributed by atoms with Crippen LogP contribution in [0.4, 0.5) is 4.39 Å². The second-order valence-corrected chi connectivity index (χ2v) is 3.25. The first-order chi connectivity index (χ1) is 6.93. The van der Waals surface area contributed by atoms with Gasteiger partial charge in [0.1, 0.15) is 5.82 Å². The first-order valence-electron chi connectivity index (χ1n) is 4.24. The molecular weight excluding hydrogens is 199 g/mol. The Labute approximate surface area is 86.5 Å². The van der Waals surface area contributed by atoms with Gasteiger partial charge in [-0.05, 0) is 18.2 Å². The van der Waals surface area contributed by atoms with Crippen LogP contribution >= 0.6 is 0 Å². The summed E-state index contributed by atoms with van der Waals surface area (Å²) >= 11 is 0. The molecule has 0 atom stereocenters. The lowest BCUT2D eigenvalue weighted by Crippen LogP contribution is -2.25. The van der Waals surface area contributed by atoms with Gasteiger partial charge in [-0.3, -0.25) is 9.59 Å². The lowest BCUT2D eigenvalue weighted by atomic mass is 10.1. The number of rotatable bonds is 2. The molecule has 0 aliphatic rings. The van der Waals surface area contributed by atoms with E-state index < -0.39 is 11.7 Å². The third-order valence-electron chi connectivity index (χ3n) is 1.88. The molecule has 1 aromatic carbocycles. The minimum atomic E-state index is -0.820. The predicted molar refractivity (Wildman–Crippen MR) is 52.9 cm³/mol. The lowest BCUT2D eigenvalue weighted by Gasteiger charge is -2.12. The zero-order chi connectivity index (χ0) is 11.6. The molecule has 4 nitrogen and oxygen atoms in total. The summed E-state index contributed by atoms with van der Waals surface area (Å²) in [6.07, 6.45) is 0. The predicted octanol–water partition coefficient (Wildman–Crippen LogP) is 0.626. The van der Waals surface area contributed by atoms with Gasteiger partial charge in [0, 0.05) is 14.1 Å². The fourth-order valence-corrected chi connectivity index (χ4v) is 1.15. The van der Waals surface area contributed by atoms with E-state index in [-0.39, 0.29) is 17.0 Å². The minimum Gasteiger partial charge on any atom is -0.366 e. The van der Waals surface area contributed by atoms with Gasteiger partial charge >= 0.3 is 0 Å². The largest absolute Gasteiger partial charge is 0.366 e. The first-order valence-corrected chi connectivity index (χ1v) is 4.24. The van der Waals surface area contributed by atoms with Crippen LogP contribution in [0.5, 0.6) is 0 Å². The summed E-state index contributed by atoms with van der Waals surface area (Å²) in [6.45, 7) is 0. The molecule has 2 amide bonds. The third-order valence-corrected chi connectivity index (χ3v) is 1.88. The molecule has 0 aromatic heterocycles. The number of carbonyl (C=O) groups is 2. The zero-order valence-corrected chi connectivity index (χ0v) is 8.45. The van der Waals surface area contributed by atoms with E-state index in [9.17, 15) is 14.0 Å². The van der Waals surface area contributed by atoms with Crippen molar-refractivity contribution in [2.24, 2.45) is 5.73 Å². The van der Waals surface area contributed by atoms with Crippen LogP contribution in [0.3, 0.4) is 0 Å². The number of carbonyl (C=O) groups excluding carboxylic acids is 2. The van der Waals surface area contributed by atoms with E-state index in [1.165, 1.54) is 25.1 Å². The number of benzene rings is 1. The third kappa shape index (κ3) is 2.31.